The van der Waals surface area contributed by atoms with Crippen LogP contribution >= 0.6 is 0 Å². The summed E-state index contributed by atoms with van der Waals surface area (Å²) in [5.41, 5.74) is 12.3. The van der Waals surface area contributed by atoms with E-state index in [1.54, 1.807) is 12.4 Å². The lowest BCUT2D eigenvalue weighted by atomic mass is 10.00. The van der Waals surface area contributed by atoms with E-state index in [0.717, 1.165) is 83.4 Å². The van der Waals surface area contributed by atoms with Gasteiger partial charge in [-0.1, -0.05) is 146 Å². The van der Waals surface area contributed by atoms with Crippen molar-refractivity contribution in [3.63, 3.8) is 0 Å². The largest absolute Gasteiger partial charge is 0.310 e. The monoisotopic (exact) mass is 885 g/mol. The van der Waals surface area contributed by atoms with Gasteiger partial charge >= 0.3 is 0 Å². The number of aromatic nitrogens is 8. The lowest BCUT2D eigenvalue weighted by Crippen LogP contribution is -2.10. The van der Waals surface area contributed by atoms with E-state index in [-0.39, 0.29) is 0 Å². The summed E-state index contributed by atoms with van der Waals surface area (Å²) in [5, 5.41) is 2.23. The van der Waals surface area contributed by atoms with Gasteiger partial charge in [0.15, 0.2) is 34.9 Å². The van der Waals surface area contributed by atoms with Crippen LogP contribution in [0.1, 0.15) is 0 Å². The first-order valence-corrected chi connectivity index (χ1v) is 22.7. The summed E-state index contributed by atoms with van der Waals surface area (Å²) in [7, 11) is 0. The van der Waals surface area contributed by atoms with Crippen molar-refractivity contribution in [2.45, 2.75) is 0 Å². The van der Waals surface area contributed by atoms with Crippen molar-refractivity contribution in [1.29, 1.82) is 0 Å². The molecule has 9 nitrogen and oxygen atoms in total. The van der Waals surface area contributed by atoms with E-state index in [4.69, 9.17) is 29.9 Å². The topological polar surface area (TPSA) is 106 Å². The summed E-state index contributed by atoms with van der Waals surface area (Å²) < 4.78 is 0. The van der Waals surface area contributed by atoms with E-state index >= 15 is 0 Å². The molecule has 12 rings (SSSR count). The van der Waals surface area contributed by atoms with Crippen molar-refractivity contribution in [2.24, 2.45) is 0 Å². The Hall–Kier alpha value is -9.60. The Morgan fingerprint density at radius 1 is 0.232 bits per heavy atom. The van der Waals surface area contributed by atoms with Gasteiger partial charge in [-0.05, 0) is 101 Å². The highest BCUT2D eigenvalue weighted by atomic mass is 15.1. The van der Waals surface area contributed by atoms with Crippen LogP contribution in [-0.4, -0.2) is 39.9 Å². The first-order valence-electron chi connectivity index (χ1n) is 22.7. The van der Waals surface area contributed by atoms with Crippen molar-refractivity contribution in [3.8, 4) is 79.5 Å². The summed E-state index contributed by atoms with van der Waals surface area (Å²) in [6.07, 6.45) is 3.45. The summed E-state index contributed by atoms with van der Waals surface area (Å²) >= 11 is 0. The van der Waals surface area contributed by atoms with Gasteiger partial charge < -0.3 is 4.90 Å². The zero-order valence-corrected chi connectivity index (χ0v) is 37.0. The Labute approximate surface area is 398 Å². The first kappa shape index (κ1) is 40.9. The average Bonchev–Trinajstić information content (AvgIpc) is 3.44. The fraction of sp³-hybridized carbons (Fsp3) is 0. The Balaban J connectivity index is 0.946. The summed E-state index contributed by atoms with van der Waals surface area (Å²) in [5.74, 6) is 3.64. The molecule has 9 heteroatoms. The van der Waals surface area contributed by atoms with E-state index < -0.39 is 0 Å². The van der Waals surface area contributed by atoms with Gasteiger partial charge in [-0.2, -0.15) is 0 Å². The maximum atomic E-state index is 5.00. The minimum Gasteiger partial charge on any atom is -0.310 e. The summed E-state index contributed by atoms with van der Waals surface area (Å²) in [4.78, 5) is 41.1. The second-order valence-corrected chi connectivity index (χ2v) is 16.5. The summed E-state index contributed by atoms with van der Waals surface area (Å²) in [6, 6.07) is 76.3. The third-order valence-electron chi connectivity index (χ3n) is 12.1. The van der Waals surface area contributed by atoms with Crippen LogP contribution < -0.4 is 4.90 Å². The van der Waals surface area contributed by atoms with Crippen LogP contribution in [0.4, 0.5) is 17.1 Å². The molecule has 0 saturated carbocycles. The molecule has 12 aromatic rings. The van der Waals surface area contributed by atoms with Crippen LogP contribution in [0.25, 0.3) is 101 Å². The van der Waals surface area contributed by atoms with Gasteiger partial charge in [0.1, 0.15) is 0 Å². The third-order valence-corrected chi connectivity index (χ3v) is 12.1. The maximum Gasteiger partial charge on any atom is 0.164 e. The zero-order chi connectivity index (χ0) is 45.9. The standard InChI is InChI=1S/C60H39N9/c1-5-13-40(14-6-1)55-63-56(41-15-7-2-8-16-41)66-59(65-55)44-23-29-50(30-24-44)69(52-33-27-47-37-46(21-22-48(47)38-52)49-28-34-53-54(39-49)62-36-35-61-53)51-31-25-45(26-32-51)60-67-57(42-17-9-3-10-18-42)64-58(68-60)43-19-11-4-12-20-43/h1-39H. The molecule has 0 aliphatic rings. The molecule has 0 saturated heterocycles. The fourth-order valence-corrected chi connectivity index (χ4v) is 8.54. The Bertz CT molecular complexity index is 3480. The number of anilines is 3. The Morgan fingerprint density at radius 2 is 0.551 bits per heavy atom. The minimum atomic E-state index is 0.590. The Morgan fingerprint density at radius 3 is 0.986 bits per heavy atom. The number of hydrogen-bond acceptors (Lipinski definition) is 9. The number of benzene rings is 9. The predicted octanol–water partition coefficient (Wildman–Crippen LogP) is 14.3. The van der Waals surface area contributed by atoms with Crippen LogP contribution in [0, 0.1) is 0 Å². The number of fused-ring (bicyclic) bond motifs is 2. The minimum absolute atomic E-state index is 0.590. The van der Waals surface area contributed by atoms with Gasteiger partial charge in [-0.15, -0.1) is 0 Å². The van der Waals surface area contributed by atoms with Crippen LogP contribution in [0.5, 0.6) is 0 Å². The number of hydrogen-bond donors (Lipinski definition) is 0. The van der Waals surface area contributed by atoms with Crippen LogP contribution in [0.3, 0.4) is 0 Å². The van der Waals surface area contributed by atoms with E-state index in [0.29, 0.717) is 34.9 Å². The van der Waals surface area contributed by atoms with Gasteiger partial charge in [0, 0.05) is 62.8 Å². The van der Waals surface area contributed by atoms with Gasteiger partial charge in [0.25, 0.3) is 0 Å². The maximum absolute atomic E-state index is 5.00. The van der Waals surface area contributed by atoms with Crippen molar-refractivity contribution in [1.82, 2.24) is 39.9 Å². The molecule has 0 aliphatic heterocycles. The molecule has 9 aromatic carbocycles. The SMILES string of the molecule is c1ccc(-c2nc(-c3ccccc3)nc(-c3ccc(N(c4ccc(-c5nc(-c6ccccc6)nc(-c6ccccc6)n5)cc4)c4ccc5cc(-c6ccc7nccnc7c6)ccc5c4)cc3)n2)cc1. The molecular formula is C60H39N9. The molecule has 0 atom stereocenters. The average molecular weight is 886 g/mol. The molecule has 0 amide bonds. The number of rotatable bonds is 10. The van der Waals surface area contributed by atoms with Crippen LogP contribution in [0.2, 0.25) is 0 Å². The molecule has 0 fully saturated rings. The fourth-order valence-electron chi connectivity index (χ4n) is 8.54. The first-order chi connectivity index (χ1) is 34.1. The quantitative estimate of drug-likeness (QED) is 0.133. The van der Waals surface area contributed by atoms with Gasteiger partial charge in [-0.3, -0.25) is 9.97 Å². The highest BCUT2D eigenvalue weighted by molar-refractivity contribution is 5.93. The zero-order valence-electron chi connectivity index (χ0n) is 37.0. The second-order valence-electron chi connectivity index (χ2n) is 16.5. The van der Waals surface area contributed by atoms with E-state index in [1.165, 1.54) is 0 Å². The van der Waals surface area contributed by atoms with Gasteiger partial charge in [0.2, 0.25) is 0 Å². The molecule has 0 aliphatic carbocycles. The van der Waals surface area contributed by atoms with Crippen molar-refractivity contribution >= 4 is 38.9 Å². The van der Waals surface area contributed by atoms with E-state index in [2.05, 4.69) is 112 Å². The van der Waals surface area contributed by atoms with Crippen molar-refractivity contribution in [2.75, 3.05) is 4.90 Å². The van der Waals surface area contributed by atoms with Gasteiger partial charge in [-0.25, -0.2) is 29.9 Å². The second kappa shape index (κ2) is 18.0. The van der Waals surface area contributed by atoms with Crippen molar-refractivity contribution < 1.29 is 0 Å². The smallest absolute Gasteiger partial charge is 0.164 e. The predicted molar refractivity (Wildman–Crippen MR) is 277 cm³/mol. The molecule has 3 aromatic heterocycles. The molecule has 0 bridgehead atoms. The highest BCUT2D eigenvalue weighted by Crippen LogP contribution is 2.39. The molecule has 0 spiro atoms. The Kier molecular flexibility index (Phi) is 10.7. The summed E-state index contributed by atoms with van der Waals surface area (Å²) in [6.45, 7) is 0. The molecule has 0 unspecified atom stereocenters. The normalized spacial score (nSPS) is 11.2. The van der Waals surface area contributed by atoms with E-state index in [1.807, 2.05) is 127 Å². The molecule has 69 heavy (non-hydrogen) atoms. The molecule has 0 N–H and O–H groups in total. The van der Waals surface area contributed by atoms with Crippen LogP contribution in [0.15, 0.2) is 237 Å². The lowest BCUT2D eigenvalue weighted by Gasteiger charge is -2.26. The molecule has 0 radical (unpaired) electrons. The molecule has 324 valence electrons. The molecule has 3 heterocycles. The number of nitrogens with zero attached hydrogens (tertiary/aromatic N) is 9. The third kappa shape index (κ3) is 8.44. The van der Waals surface area contributed by atoms with Crippen LogP contribution in [-0.2, 0) is 0 Å². The molecular weight excluding hydrogens is 847 g/mol. The van der Waals surface area contributed by atoms with Crippen molar-refractivity contribution in [3.05, 3.63) is 237 Å². The van der Waals surface area contributed by atoms with Gasteiger partial charge in [0.05, 0.1) is 11.0 Å². The highest BCUT2D eigenvalue weighted by Gasteiger charge is 2.18. The lowest BCUT2D eigenvalue weighted by molar-refractivity contribution is 1.07. The van der Waals surface area contributed by atoms with E-state index in [9.17, 15) is 0 Å².